The molecule has 0 saturated carbocycles. The van der Waals surface area contributed by atoms with Gasteiger partial charge < -0.3 is 10.4 Å². The van der Waals surface area contributed by atoms with Gasteiger partial charge in [0.25, 0.3) is 0 Å². The average molecular weight is 404 g/mol. The molecule has 2 rings (SSSR count). The van der Waals surface area contributed by atoms with Gasteiger partial charge in [-0.15, -0.1) is 0 Å². The number of rotatable bonds is 7. The highest BCUT2D eigenvalue weighted by Crippen LogP contribution is 2.24. The molecule has 1 aromatic rings. The molecule has 0 radical (unpaired) electrons. The number of carbonyl (C=O) groups excluding carboxylic acids is 1. The van der Waals surface area contributed by atoms with Crippen molar-refractivity contribution in [2.75, 3.05) is 18.8 Å². The molecule has 0 aromatic heterocycles. The smallest absolute Gasteiger partial charge is 0.326 e. The van der Waals surface area contributed by atoms with E-state index in [1.165, 1.54) is 16.4 Å². The highest BCUT2D eigenvalue weighted by molar-refractivity contribution is 7.89. The lowest BCUT2D eigenvalue weighted by Crippen LogP contribution is -2.49. The van der Waals surface area contributed by atoms with Gasteiger partial charge in [-0.05, 0) is 49.3 Å². The molecule has 1 heterocycles. The number of hydrogen-bond acceptors (Lipinski definition) is 5. The second kappa shape index (κ2) is 8.83. The molecule has 1 aromatic carbocycles. The minimum absolute atomic E-state index is 0.0429. The number of sulfonamides is 1. The summed E-state index contributed by atoms with van der Waals surface area (Å²) in [5.41, 5.74) is 0. The van der Waals surface area contributed by atoms with Crippen LogP contribution in [0.4, 0.5) is 4.39 Å². The summed E-state index contributed by atoms with van der Waals surface area (Å²) in [5.74, 6) is -2.52. The van der Waals surface area contributed by atoms with Crippen LogP contribution in [0.3, 0.4) is 0 Å². The van der Waals surface area contributed by atoms with Crippen LogP contribution in [0.2, 0.25) is 0 Å². The number of piperidine rings is 1. The highest BCUT2D eigenvalue weighted by atomic mass is 32.2. The van der Waals surface area contributed by atoms with E-state index in [9.17, 15) is 22.4 Å². The highest BCUT2D eigenvalue weighted by Gasteiger charge is 2.34. The summed E-state index contributed by atoms with van der Waals surface area (Å²) in [6.45, 7) is 0.210. The zero-order valence-corrected chi connectivity index (χ0v) is 15.7. The molecular formula is C16H21FN2O5S2. The second-order valence-corrected chi connectivity index (χ2v) is 8.45. The van der Waals surface area contributed by atoms with Crippen LogP contribution >= 0.6 is 12.6 Å². The van der Waals surface area contributed by atoms with Crippen molar-refractivity contribution >= 4 is 34.5 Å². The van der Waals surface area contributed by atoms with Gasteiger partial charge in [0.1, 0.15) is 11.9 Å². The lowest BCUT2D eigenvalue weighted by Gasteiger charge is -2.31. The van der Waals surface area contributed by atoms with Crippen molar-refractivity contribution in [3.63, 3.8) is 0 Å². The Labute approximate surface area is 157 Å². The Balaban J connectivity index is 2.09. The minimum Gasteiger partial charge on any atom is -0.480 e. The number of carboxylic acid groups (broad SMARTS) is 1. The molecule has 1 saturated heterocycles. The van der Waals surface area contributed by atoms with E-state index in [1.54, 1.807) is 0 Å². The van der Waals surface area contributed by atoms with Crippen molar-refractivity contribution in [1.82, 2.24) is 9.62 Å². The van der Waals surface area contributed by atoms with Gasteiger partial charge in [-0.3, -0.25) is 4.79 Å². The molecule has 1 aliphatic heterocycles. The average Bonchev–Trinajstić information content (AvgIpc) is 2.61. The SMILES string of the molecule is O=C(N[C@@H](CCS)C(=O)O)[C@@H]1CCCN(S(=O)(=O)c2ccc(F)cc2)C1. The van der Waals surface area contributed by atoms with Crippen molar-refractivity contribution in [1.29, 1.82) is 0 Å². The number of amides is 1. The fourth-order valence-corrected chi connectivity index (χ4v) is 4.59. The first kappa shape index (κ1) is 20.7. The van der Waals surface area contributed by atoms with Crippen molar-refractivity contribution in [2.45, 2.75) is 30.2 Å². The van der Waals surface area contributed by atoms with Gasteiger partial charge in [-0.25, -0.2) is 17.6 Å². The molecule has 1 fully saturated rings. The van der Waals surface area contributed by atoms with Crippen molar-refractivity contribution < 1.29 is 27.5 Å². The topological polar surface area (TPSA) is 104 Å². The lowest BCUT2D eigenvalue weighted by molar-refractivity contribution is -0.142. The van der Waals surface area contributed by atoms with E-state index in [4.69, 9.17) is 5.11 Å². The Hall–Kier alpha value is -1.65. The van der Waals surface area contributed by atoms with E-state index in [0.29, 0.717) is 18.6 Å². The van der Waals surface area contributed by atoms with Gasteiger partial charge in [0.15, 0.2) is 0 Å². The molecule has 0 spiro atoms. The standard InChI is InChI=1S/C16H21FN2O5S2/c17-12-3-5-13(6-4-12)26(23,24)19-8-1-2-11(10-19)15(20)18-14(7-9-25)16(21)22/h3-6,11,14,25H,1-2,7-10H2,(H,18,20)(H,21,22)/t11-,14+/m1/s1. The summed E-state index contributed by atoms with van der Waals surface area (Å²) in [4.78, 5) is 23.5. The summed E-state index contributed by atoms with van der Waals surface area (Å²) in [6, 6.07) is 3.44. The quantitative estimate of drug-likeness (QED) is 0.591. The van der Waals surface area contributed by atoms with E-state index in [-0.39, 0.29) is 24.4 Å². The molecule has 26 heavy (non-hydrogen) atoms. The molecule has 1 aliphatic rings. The zero-order chi connectivity index (χ0) is 19.3. The third-order valence-corrected chi connectivity index (χ3v) is 6.38. The summed E-state index contributed by atoms with van der Waals surface area (Å²) in [5, 5.41) is 11.6. The Kier molecular flexibility index (Phi) is 7.01. The maximum absolute atomic E-state index is 13.0. The van der Waals surface area contributed by atoms with Crippen molar-refractivity contribution in [3.05, 3.63) is 30.1 Å². The van der Waals surface area contributed by atoms with Crippen LogP contribution in [-0.2, 0) is 19.6 Å². The number of halogens is 1. The molecular weight excluding hydrogens is 383 g/mol. The van der Waals surface area contributed by atoms with Gasteiger partial charge in [-0.2, -0.15) is 16.9 Å². The van der Waals surface area contributed by atoms with Crippen LogP contribution in [-0.4, -0.2) is 54.6 Å². The summed E-state index contributed by atoms with van der Waals surface area (Å²) < 4.78 is 39.5. The lowest BCUT2D eigenvalue weighted by atomic mass is 9.98. The van der Waals surface area contributed by atoms with Crippen molar-refractivity contribution in [2.24, 2.45) is 5.92 Å². The number of nitrogens with one attached hydrogen (secondary N) is 1. The predicted molar refractivity (Wildman–Crippen MR) is 95.9 cm³/mol. The van der Waals surface area contributed by atoms with Crippen LogP contribution in [0.5, 0.6) is 0 Å². The van der Waals surface area contributed by atoms with Crippen LogP contribution in [0, 0.1) is 11.7 Å². The Morgan fingerprint density at radius 2 is 2.00 bits per heavy atom. The minimum atomic E-state index is -3.84. The van der Waals surface area contributed by atoms with Gasteiger partial charge in [-0.1, -0.05) is 0 Å². The molecule has 2 atom stereocenters. The number of benzene rings is 1. The van der Waals surface area contributed by atoms with Crippen molar-refractivity contribution in [3.8, 4) is 0 Å². The molecule has 2 N–H and O–H groups in total. The number of hydrogen-bond donors (Lipinski definition) is 3. The van der Waals surface area contributed by atoms with Gasteiger partial charge in [0.05, 0.1) is 10.8 Å². The fraction of sp³-hybridized carbons (Fsp3) is 0.500. The third-order valence-electron chi connectivity index (χ3n) is 4.24. The summed E-state index contributed by atoms with van der Waals surface area (Å²) in [7, 11) is -3.84. The molecule has 1 amide bonds. The number of thiol groups is 1. The first-order valence-electron chi connectivity index (χ1n) is 8.15. The van der Waals surface area contributed by atoms with Gasteiger partial charge >= 0.3 is 5.97 Å². The molecule has 0 aliphatic carbocycles. The Bertz CT molecular complexity index is 754. The number of aliphatic carboxylic acids is 1. The molecule has 0 unspecified atom stereocenters. The number of carboxylic acids is 1. The first-order valence-corrected chi connectivity index (χ1v) is 10.2. The van der Waals surface area contributed by atoms with Crippen LogP contribution in [0.1, 0.15) is 19.3 Å². The van der Waals surface area contributed by atoms with E-state index in [2.05, 4.69) is 17.9 Å². The molecule has 7 nitrogen and oxygen atoms in total. The zero-order valence-electron chi connectivity index (χ0n) is 14.0. The van der Waals surface area contributed by atoms with E-state index in [1.807, 2.05) is 0 Å². The van der Waals surface area contributed by atoms with Gasteiger partial charge in [0.2, 0.25) is 15.9 Å². The van der Waals surface area contributed by atoms with Crippen LogP contribution < -0.4 is 5.32 Å². The van der Waals surface area contributed by atoms with E-state index < -0.39 is 39.7 Å². The first-order chi connectivity index (χ1) is 12.3. The number of carbonyl (C=O) groups is 2. The van der Waals surface area contributed by atoms with Gasteiger partial charge in [0, 0.05) is 13.1 Å². The fourth-order valence-electron chi connectivity index (χ4n) is 2.81. The second-order valence-electron chi connectivity index (χ2n) is 6.07. The molecule has 144 valence electrons. The van der Waals surface area contributed by atoms with E-state index >= 15 is 0 Å². The maximum atomic E-state index is 13.0. The Morgan fingerprint density at radius 1 is 1.35 bits per heavy atom. The monoisotopic (exact) mass is 404 g/mol. The van der Waals surface area contributed by atoms with Crippen LogP contribution in [0.25, 0.3) is 0 Å². The van der Waals surface area contributed by atoms with E-state index in [0.717, 1.165) is 12.1 Å². The summed E-state index contributed by atoms with van der Waals surface area (Å²) >= 11 is 3.97. The third kappa shape index (κ3) is 4.95. The normalized spacial score (nSPS) is 19.7. The maximum Gasteiger partial charge on any atom is 0.326 e. The number of nitrogens with zero attached hydrogens (tertiary/aromatic N) is 1. The summed E-state index contributed by atoms with van der Waals surface area (Å²) in [6.07, 6.45) is 1.12. The largest absolute Gasteiger partial charge is 0.480 e. The Morgan fingerprint density at radius 3 is 2.58 bits per heavy atom. The molecule has 0 bridgehead atoms. The molecule has 10 heteroatoms. The van der Waals surface area contributed by atoms with Crippen LogP contribution in [0.15, 0.2) is 29.2 Å². The predicted octanol–water partition coefficient (Wildman–Crippen LogP) is 1.12.